The summed E-state index contributed by atoms with van der Waals surface area (Å²) in [5.41, 5.74) is 3.20. The van der Waals surface area contributed by atoms with E-state index in [1.165, 1.54) is 5.56 Å². The van der Waals surface area contributed by atoms with E-state index in [1.807, 2.05) is 42.2 Å². The number of hydrogen-bond acceptors (Lipinski definition) is 4. The van der Waals surface area contributed by atoms with Crippen LogP contribution in [0.15, 0.2) is 48.5 Å². The summed E-state index contributed by atoms with van der Waals surface area (Å²) in [6.07, 6.45) is 1.26. The van der Waals surface area contributed by atoms with Gasteiger partial charge in [0.05, 0.1) is 18.2 Å². The molecule has 2 heterocycles. The van der Waals surface area contributed by atoms with Crippen molar-refractivity contribution in [1.82, 2.24) is 4.90 Å². The Balaban J connectivity index is 1.36. The van der Waals surface area contributed by atoms with Gasteiger partial charge in [0.15, 0.2) is 0 Å². The van der Waals surface area contributed by atoms with E-state index in [0.717, 1.165) is 36.6 Å². The molecule has 164 valence electrons. The first-order valence-electron chi connectivity index (χ1n) is 11.3. The van der Waals surface area contributed by atoms with Crippen molar-refractivity contribution in [3.05, 3.63) is 54.1 Å². The lowest BCUT2D eigenvalue weighted by molar-refractivity contribution is -0.136. The van der Waals surface area contributed by atoms with E-state index in [2.05, 4.69) is 30.0 Å². The molecular weight excluding hydrogens is 390 g/mol. The van der Waals surface area contributed by atoms with Gasteiger partial charge in [-0.25, -0.2) is 0 Å². The first kappa shape index (κ1) is 21.2. The lowest BCUT2D eigenvalue weighted by Gasteiger charge is -2.37. The highest BCUT2D eigenvalue weighted by molar-refractivity contribution is 6.00. The van der Waals surface area contributed by atoms with Gasteiger partial charge in [-0.2, -0.15) is 0 Å². The van der Waals surface area contributed by atoms with Crippen LogP contribution in [0.1, 0.15) is 25.8 Å². The molecule has 0 unspecified atom stereocenters. The van der Waals surface area contributed by atoms with Gasteiger partial charge >= 0.3 is 0 Å². The van der Waals surface area contributed by atoms with Gasteiger partial charge in [-0.05, 0) is 43.2 Å². The van der Waals surface area contributed by atoms with Crippen molar-refractivity contribution in [3.8, 4) is 5.75 Å². The van der Waals surface area contributed by atoms with Crippen LogP contribution < -0.4 is 14.5 Å². The third-order valence-electron chi connectivity index (χ3n) is 6.23. The fraction of sp³-hybridized carbons (Fsp3) is 0.440. The number of para-hydroxylation sites is 2. The molecule has 2 saturated heterocycles. The lowest BCUT2D eigenvalue weighted by atomic mass is 10.1. The quantitative estimate of drug-likeness (QED) is 0.718. The molecule has 0 bridgehead atoms. The van der Waals surface area contributed by atoms with Crippen LogP contribution in [0.3, 0.4) is 0 Å². The van der Waals surface area contributed by atoms with Crippen LogP contribution in [-0.4, -0.2) is 56.0 Å². The highest BCUT2D eigenvalue weighted by atomic mass is 16.5. The van der Waals surface area contributed by atoms with E-state index in [0.29, 0.717) is 32.7 Å². The van der Waals surface area contributed by atoms with Gasteiger partial charge in [0.25, 0.3) is 0 Å². The van der Waals surface area contributed by atoms with Crippen LogP contribution in [-0.2, 0) is 16.0 Å². The summed E-state index contributed by atoms with van der Waals surface area (Å²) in [7, 11) is 0. The standard InChI is InChI=1S/C25H31N3O3/c1-3-19-9-11-21(12-10-19)28-18-20(17-24(28)29)25(30)27-15-13-26(14-16-27)22-7-5-6-8-23(22)31-4-2/h5-12,20H,3-4,13-18H2,1-2H3/t20-/m1/s1. The molecule has 2 aromatic rings. The Kier molecular flexibility index (Phi) is 6.44. The Morgan fingerprint density at radius 3 is 2.39 bits per heavy atom. The molecule has 0 aliphatic carbocycles. The summed E-state index contributed by atoms with van der Waals surface area (Å²) in [6.45, 7) is 8.04. The van der Waals surface area contributed by atoms with Crippen molar-refractivity contribution in [3.63, 3.8) is 0 Å². The molecular formula is C25H31N3O3. The van der Waals surface area contributed by atoms with Crippen LogP contribution in [0.5, 0.6) is 5.75 Å². The van der Waals surface area contributed by atoms with E-state index in [4.69, 9.17) is 4.74 Å². The second kappa shape index (κ2) is 9.41. The van der Waals surface area contributed by atoms with Crippen molar-refractivity contribution < 1.29 is 14.3 Å². The summed E-state index contributed by atoms with van der Waals surface area (Å²) in [5.74, 6) is 0.752. The highest BCUT2D eigenvalue weighted by Gasteiger charge is 2.38. The highest BCUT2D eigenvalue weighted by Crippen LogP contribution is 2.30. The number of hydrogen-bond donors (Lipinski definition) is 0. The molecule has 0 aromatic heterocycles. The Labute approximate surface area is 184 Å². The number of anilines is 2. The molecule has 0 radical (unpaired) electrons. The van der Waals surface area contributed by atoms with Gasteiger partial charge < -0.3 is 19.4 Å². The fourth-order valence-corrected chi connectivity index (χ4v) is 4.46. The molecule has 2 fully saturated rings. The van der Waals surface area contributed by atoms with Crippen molar-refractivity contribution in [2.24, 2.45) is 5.92 Å². The van der Waals surface area contributed by atoms with E-state index >= 15 is 0 Å². The summed E-state index contributed by atoms with van der Waals surface area (Å²) in [6, 6.07) is 16.1. The van der Waals surface area contributed by atoms with Gasteiger partial charge in [0.1, 0.15) is 5.75 Å². The number of nitrogens with zero attached hydrogens (tertiary/aromatic N) is 3. The van der Waals surface area contributed by atoms with Gasteiger partial charge in [-0.15, -0.1) is 0 Å². The first-order valence-corrected chi connectivity index (χ1v) is 11.3. The number of benzene rings is 2. The zero-order valence-electron chi connectivity index (χ0n) is 18.4. The molecule has 31 heavy (non-hydrogen) atoms. The third-order valence-corrected chi connectivity index (χ3v) is 6.23. The monoisotopic (exact) mass is 421 g/mol. The third kappa shape index (κ3) is 4.53. The zero-order valence-corrected chi connectivity index (χ0v) is 18.4. The molecule has 6 heteroatoms. The average molecular weight is 422 g/mol. The molecule has 0 spiro atoms. The van der Waals surface area contributed by atoms with Crippen molar-refractivity contribution in [2.75, 3.05) is 49.1 Å². The number of ether oxygens (including phenoxy) is 1. The molecule has 0 N–H and O–H groups in total. The van der Waals surface area contributed by atoms with Crippen molar-refractivity contribution in [1.29, 1.82) is 0 Å². The van der Waals surface area contributed by atoms with Gasteiger partial charge in [0.2, 0.25) is 11.8 Å². The van der Waals surface area contributed by atoms with Crippen molar-refractivity contribution >= 4 is 23.2 Å². The maximum absolute atomic E-state index is 13.1. The molecule has 1 atom stereocenters. The minimum Gasteiger partial charge on any atom is -0.492 e. The largest absolute Gasteiger partial charge is 0.492 e. The van der Waals surface area contributed by atoms with Crippen LogP contribution >= 0.6 is 0 Å². The Morgan fingerprint density at radius 2 is 1.71 bits per heavy atom. The first-order chi connectivity index (χ1) is 15.1. The molecule has 2 aliphatic heterocycles. The maximum atomic E-state index is 13.1. The summed E-state index contributed by atoms with van der Waals surface area (Å²) in [4.78, 5) is 31.7. The van der Waals surface area contributed by atoms with E-state index in [-0.39, 0.29) is 17.7 Å². The minimum atomic E-state index is -0.263. The number of rotatable bonds is 6. The lowest BCUT2D eigenvalue weighted by Crippen LogP contribution is -2.50. The predicted octanol–water partition coefficient (Wildman–Crippen LogP) is 3.35. The summed E-state index contributed by atoms with van der Waals surface area (Å²) in [5, 5.41) is 0. The summed E-state index contributed by atoms with van der Waals surface area (Å²) >= 11 is 0. The second-order valence-corrected chi connectivity index (χ2v) is 8.14. The van der Waals surface area contributed by atoms with E-state index < -0.39 is 0 Å². The smallest absolute Gasteiger partial charge is 0.228 e. The number of amides is 2. The number of piperazine rings is 1. The van der Waals surface area contributed by atoms with Crippen LogP contribution in [0.4, 0.5) is 11.4 Å². The SMILES string of the molecule is CCOc1ccccc1N1CCN(C(=O)[C@@H]2CC(=O)N(c3ccc(CC)cc3)C2)CC1. The van der Waals surface area contributed by atoms with Crippen LogP contribution in [0, 0.1) is 5.92 Å². The molecule has 2 amide bonds. The van der Waals surface area contributed by atoms with Crippen LogP contribution in [0.25, 0.3) is 0 Å². The molecule has 2 aromatic carbocycles. The minimum absolute atomic E-state index is 0.0341. The van der Waals surface area contributed by atoms with E-state index in [9.17, 15) is 9.59 Å². The van der Waals surface area contributed by atoms with Gasteiger partial charge in [-0.3, -0.25) is 9.59 Å². The average Bonchev–Trinajstić information content (AvgIpc) is 3.21. The van der Waals surface area contributed by atoms with Gasteiger partial charge in [-0.1, -0.05) is 31.2 Å². The number of aryl methyl sites for hydroxylation is 1. The predicted molar refractivity (Wildman–Crippen MR) is 123 cm³/mol. The Morgan fingerprint density at radius 1 is 1.00 bits per heavy atom. The maximum Gasteiger partial charge on any atom is 0.228 e. The summed E-state index contributed by atoms with van der Waals surface area (Å²) < 4.78 is 5.76. The normalized spacial score (nSPS) is 19.1. The number of carbonyl (C=O) groups excluding carboxylic acids is 2. The van der Waals surface area contributed by atoms with Gasteiger partial charge in [0, 0.05) is 44.8 Å². The van der Waals surface area contributed by atoms with Crippen LogP contribution in [0.2, 0.25) is 0 Å². The molecule has 0 saturated carbocycles. The zero-order chi connectivity index (χ0) is 21.8. The molecule has 2 aliphatic rings. The fourth-order valence-electron chi connectivity index (χ4n) is 4.46. The van der Waals surface area contributed by atoms with Crippen molar-refractivity contribution in [2.45, 2.75) is 26.7 Å². The topological polar surface area (TPSA) is 53.1 Å². The van der Waals surface area contributed by atoms with E-state index in [1.54, 1.807) is 4.90 Å². The Hall–Kier alpha value is -3.02. The Bertz CT molecular complexity index is 920. The number of carbonyl (C=O) groups is 2. The molecule has 4 rings (SSSR count). The molecule has 6 nitrogen and oxygen atoms in total. The second-order valence-electron chi connectivity index (χ2n) is 8.14.